The molecule has 2 aliphatic rings. The molecule has 0 aromatic heterocycles. The first-order chi connectivity index (χ1) is 12.4. The Bertz CT molecular complexity index is 776. The van der Waals surface area contributed by atoms with Crippen molar-refractivity contribution in [1.29, 1.82) is 0 Å². The number of piperidine rings is 1. The Morgan fingerprint density at radius 1 is 1.19 bits per heavy atom. The van der Waals surface area contributed by atoms with Gasteiger partial charge in [0.25, 0.3) is 11.8 Å². The minimum atomic E-state index is -0.933. The molecule has 1 aromatic carbocycles. The fourth-order valence-electron chi connectivity index (χ4n) is 3.30. The third-order valence-electron chi connectivity index (χ3n) is 4.67. The summed E-state index contributed by atoms with van der Waals surface area (Å²) in [6.07, 6.45) is 0.272. The van der Waals surface area contributed by atoms with Crippen LogP contribution in [0.5, 0.6) is 0 Å². The molecule has 0 saturated carbocycles. The number of nitrogens with zero attached hydrogens (tertiary/aromatic N) is 1. The summed E-state index contributed by atoms with van der Waals surface area (Å²) < 4.78 is 0. The van der Waals surface area contributed by atoms with Crippen LogP contribution in [0.3, 0.4) is 0 Å². The number of hydrogen-bond donors (Lipinski definition) is 3. The number of nitrogens with one attached hydrogen (secondary N) is 3. The number of amides is 4. The lowest BCUT2D eigenvalue weighted by Crippen LogP contribution is -2.54. The molecule has 8 heteroatoms. The van der Waals surface area contributed by atoms with E-state index in [1.54, 1.807) is 18.2 Å². The third kappa shape index (κ3) is 3.38. The SMILES string of the molecule is CNCC(C)NCc1ccc2c(c1)C(=O)N(C1CCC(=O)NC1=O)C2=O. The van der Waals surface area contributed by atoms with Crippen LogP contribution in [0.2, 0.25) is 0 Å². The molecule has 26 heavy (non-hydrogen) atoms. The van der Waals surface area contributed by atoms with Crippen LogP contribution in [-0.4, -0.2) is 54.2 Å². The van der Waals surface area contributed by atoms with Gasteiger partial charge >= 0.3 is 0 Å². The fraction of sp³-hybridized carbons (Fsp3) is 0.444. The molecule has 2 aliphatic heterocycles. The minimum absolute atomic E-state index is 0.113. The maximum absolute atomic E-state index is 12.7. The first-order valence-corrected chi connectivity index (χ1v) is 8.65. The smallest absolute Gasteiger partial charge is 0.262 e. The lowest BCUT2D eigenvalue weighted by Gasteiger charge is -2.27. The summed E-state index contributed by atoms with van der Waals surface area (Å²) in [5.41, 5.74) is 1.49. The minimum Gasteiger partial charge on any atom is -0.318 e. The molecule has 1 aromatic rings. The Morgan fingerprint density at radius 3 is 2.62 bits per heavy atom. The van der Waals surface area contributed by atoms with E-state index in [0.29, 0.717) is 17.7 Å². The lowest BCUT2D eigenvalue weighted by atomic mass is 10.0. The van der Waals surface area contributed by atoms with Gasteiger partial charge in [0.2, 0.25) is 11.8 Å². The molecule has 4 amide bonds. The van der Waals surface area contributed by atoms with Crippen LogP contribution < -0.4 is 16.0 Å². The zero-order valence-electron chi connectivity index (χ0n) is 14.8. The topological polar surface area (TPSA) is 108 Å². The molecule has 0 aliphatic carbocycles. The summed E-state index contributed by atoms with van der Waals surface area (Å²) in [6.45, 7) is 3.42. The number of fused-ring (bicyclic) bond motifs is 1. The molecule has 0 bridgehead atoms. The van der Waals surface area contributed by atoms with Crippen LogP contribution in [0.25, 0.3) is 0 Å². The van der Waals surface area contributed by atoms with Crippen LogP contribution in [0.1, 0.15) is 46.0 Å². The highest BCUT2D eigenvalue weighted by atomic mass is 16.2. The first-order valence-electron chi connectivity index (χ1n) is 8.65. The molecule has 2 atom stereocenters. The van der Waals surface area contributed by atoms with Gasteiger partial charge in [0.1, 0.15) is 6.04 Å². The molecular formula is C18H22N4O4. The fourth-order valence-corrected chi connectivity index (χ4v) is 3.30. The van der Waals surface area contributed by atoms with Gasteiger partial charge in [-0.15, -0.1) is 0 Å². The zero-order chi connectivity index (χ0) is 18.8. The Balaban J connectivity index is 1.77. The van der Waals surface area contributed by atoms with E-state index in [1.807, 2.05) is 14.0 Å². The van der Waals surface area contributed by atoms with Crippen molar-refractivity contribution in [2.45, 2.75) is 38.4 Å². The predicted molar refractivity (Wildman–Crippen MR) is 93.3 cm³/mol. The molecule has 1 fully saturated rings. The molecular weight excluding hydrogens is 336 g/mol. The number of hydrogen-bond acceptors (Lipinski definition) is 6. The molecule has 0 spiro atoms. The average molecular weight is 358 g/mol. The van der Waals surface area contributed by atoms with E-state index in [9.17, 15) is 19.2 Å². The van der Waals surface area contributed by atoms with Gasteiger partial charge in [-0.3, -0.25) is 29.4 Å². The summed E-state index contributed by atoms with van der Waals surface area (Å²) in [6, 6.07) is 4.45. The van der Waals surface area contributed by atoms with Crippen molar-refractivity contribution >= 4 is 23.6 Å². The third-order valence-corrected chi connectivity index (χ3v) is 4.67. The number of carbonyl (C=O) groups is 4. The van der Waals surface area contributed by atoms with Crippen molar-refractivity contribution < 1.29 is 19.2 Å². The standard InChI is InChI=1S/C18H22N4O4/c1-10(8-19-2)20-9-11-3-4-12-13(7-11)18(26)22(17(12)25)14-5-6-15(23)21-16(14)24/h3-4,7,10,14,19-20H,5-6,8-9H2,1-2H3,(H,21,23,24). The second-order valence-corrected chi connectivity index (χ2v) is 6.67. The Kier molecular flexibility index (Phi) is 5.15. The highest BCUT2D eigenvalue weighted by Gasteiger charge is 2.44. The number of rotatable bonds is 6. The quantitative estimate of drug-likeness (QED) is 0.607. The summed E-state index contributed by atoms with van der Waals surface area (Å²) in [4.78, 5) is 49.7. The van der Waals surface area contributed by atoms with Gasteiger partial charge < -0.3 is 10.6 Å². The van der Waals surface area contributed by atoms with Crippen molar-refractivity contribution in [3.63, 3.8) is 0 Å². The largest absolute Gasteiger partial charge is 0.318 e. The second kappa shape index (κ2) is 7.35. The van der Waals surface area contributed by atoms with Crippen molar-refractivity contribution in [2.75, 3.05) is 13.6 Å². The van der Waals surface area contributed by atoms with Crippen molar-refractivity contribution in [1.82, 2.24) is 20.9 Å². The van der Waals surface area contributed by atoms with Crippen LogP contribution >= 0.6 is 0 Å². The molecule has 138 valence electrons. The first kappa shape index (κ1) is 18.2. The van der Waals surface area contributed by atoms with Crippen molar-refractivity contribution in [3.05, 3.63) is 34.9 Å². The highest BCUT2D eigenvalue weighted by Crippen LogP contribution is 2.28. The Labute approximate surface area is 151 Å². The summed E-state index contributed by atoms with van der Waals surface area (Å²) >= 11 is 0. The molecule has 0 radical (unpaired) electrons. The maximum atomic E-state index is 12.7. The van der Waals surface area contributed by atoms with Crippen LogP contribution in [-0.2, 0) is 16.1 Å². The van der Waals surface area contributed by atoms with Gasteiger partial charge in [0.05, 0.1) is 11.1 Å². The van der Waals surface area contributed by atoms with Crippen molar-refractivity contribution in [2.24, 2.45) is 0 Å². The monoisotopic (exact) mass is 358 g/mol. The lowest BCUT2D eigenvalue weighted by molar-refractivity contribution is -0.136. The van der Waals surface area contributed by atoms with E-state index in [2.05, 4.69) is 16.0 Å². The Morgan fingerprint density at radius 2 is 1.92 bits per heavy atom. The number of likely N-dealkylation sites (N-methyl/N-ethyl adjacent to an activating group) is 1. The number of carbonyl (C=O) groups excluding carboxylic acids is 4. The van der Waals surface area contributed by atoms with E-state index in [4.69, 9.17) is 0 Å². The average Bonchev–Trinajstić information content (AvgIpc) is 2.85. The number of benzene rings is 1. The van der Waals surface area contributed by atoms with Gasteiger partial charge in [-0.25, -0.2) is 0 Å². The molecule has 8 nitrogen and oxygen atoms in total. The molecule has 1 saturated heterocycles. The van der Waals surface area contributed by atoms with Gasteiger partial charge in [-0.1, -0.05) is 6.07 Å². The second-order valence-electron chi connectivity index (χ2n) is 6.67. The molecule has 3 N–H and O–H groups in total. The summed E-state index contributed by atoms with van der Waals surface area (Å²) in [5.74, 6) is -1.95. The number of imide groups is 2. The molecule has 3 rings (SSSR count). The van der Waals surface area contributed by atoms with E-state index < -0.39 is 23.8 Å². The summed E-state index contributed by atoms with van der Waals surface area (Å²) in [5, 5.41) is 8.60. The van der Waals surface area contributed by atoms with E-state index in [0.717, 1.165) is 17.0 Å². The normalized spacial score (nSPS) is 21.0. The molecule has 2 heterocycles. The van der Waals surface area contributed by atoms with E-state index >= 15 is 0 Å². The van der Waals surface area contributed by atoms with Gasteiger partial charge in [-0.2, -0.15) is 0 Å². The van der Waals surface area contributed by atoms with Crippen LogP contribution in [0, 0.1) is 0 Å². The van der Waals surface area contributed by atoms with Gasteiger partial charge in [0.15, 0.2) is 0 Å². The van der Waals surface area contributed by atoms with Gasteiger partial charge in [-0.05, 0) is 38.1 Å². The van der Waals surface area contributed by atoms with Gasteiger partial charge in [0, 0.05) is 25.6 Å². The van der Waals surface area contributed by atoms with Crippen LogP contribution in [0.4, 0.5) is 0 Å². The summed E-state index contributed by atoms with van der Waals surface area (Å²) in [7, 11) is 1.88. The Hall–Kier alpha value is -2.58. The zero-order valence-corrected chi connectivity index (χ0v) is 14.8. The van der Waals surface area contributed by atoms with Crippen molar-refractivity contribution in [3.8, 4) is 0 Å². The molecule has 2 unspecified atom stereocenters. The van der Waals surface area contributed by atoms with E-state index in [1.165, 1.54) is 0 Å². The van der Waals surface area contributed by atoms with E-state index in [-0.39, 0.29) is 24.8 Å². The predicted octanol–water partition coefficient (Wildman–Crippen LogP) is -0.215. The maximum Gasteiger partial charge on any atom is 0.262 e. The van der Waals surface area contributed by atoms with Crippen LogP contribution in [0.15, 0.2) is 18.2 Å². The highest BCUT2D eigenvalue weighted by molar-refractivity contribution is 6.23.